The largest absolute Gasteiger partial charge is 0.376 e. The number of aliphatic imine (C=N–C) groups is 1. The van der Waals surface area contributed by atoms with E-state index in [1.807, 2.05) is 18.4 Å². The predicted octanol–water partition coefficient (Wildman–Crippen LogP) is 2.30. The zero-order valence-electron chi connectivity index (χ0n) is 14.7. The predicted molar refractivity (Wildman–Crippen MR) is 101 cm³/mol. The third kappa shape index (κ3) is 5.46. The Morgan fingerprint density at radius 2 is 2.25 bits per heavy atom. The minimum atomic E-state index is 0.347. The summed E-state index contributed by atoms with van der Waals surface area (Å²) in [4.78, 5) is 8.40. The molecule has 2 aliphatic heterocycles. The maximum absolute atomic E-state index is 5.66. The molecule has 0 saturated carbocycles. The van der Waals surface area contributed by atoms with Gasteiger partial charge in [-0.15, -0.1) is 11.3 Å². The van der Waals surface area contributed by atoms with Gasteiger partial charge in [0.25, 0.3) is 0 Å². The van der Waals surface area contributed by atoms with Crippen molar-refractivity contribution in [3.05, 3.63) is 22.4 Å². The molecule has 134 valence electrons. The molecule has 2 N–H and O–H groups in total. The molecule has 0 spiro atoms. The lowest BCUT2D eigenvalue weighted by Gasteiger charge is -2.32. The Hall–Kier alpha value is -1.11. The summed E-state index contributed by atoms with van der Waals surface area (Å²) < 4.78 is 5.66. The molecule has 0 aromatic carbocycles. The highest BCUT2D eigenvalue weighted by atomic mass is 32.1. The van der Waals surface area contributed by atoms with Crippen LogP contribution in [0.15, 0.2) is 22.5 Å². The highest BCUT2D eigenvalue weighted by Crippen LogP contribution is 2.20. The van der Waals surface area contributed by atoms with Crippen molar-refractivity contribution in [3.8, 4) is 0 Å². The van der Waals surface area contributed by atoms with Crippen LogP contribution in [-0.2, 0) is 11.3 Å². The van der Waals surface area contributed by atoms with Crippen LogP contribution in [0.3, 0.4) is 0 Å². The minimum Gasteiger partial charge on any atom is -0.376 e. The van der Waals surface area contributed by atoms with Gasteiger partial charge >= 0.3 is 0 Å². The highest BCUT2D eigenvalue weighted by Gasteiger charge is 2.21. The number of likely N-dealkylation sites (tertiary alicyclic amines) is 1. The van der Waals surface area contributed by atoms with Gasteiger partial charge in [0, 0.05) is 44.7 Å². The van der Waals surface area contributed by atoms with Crippen LogP contribution < -0.4 is 10.6 Å². The summed E-state index contributed by atoms with van der Waals surface area (Å²) in [5.41, 5.74) is 0. The van der Waals surface area contributed by atoms with Crippen molar-refractivity contribution in [1.82, 2.24) is 15.5 Å². The first-order chi connectivity index (χ1) is 11.8. The van der Waals surface area contributed by atoms with E-state index in [-0.39, 0.29) is 0 Å². The Bertz CT molecular complexity index is 499. The van der Waals surface area contributed by atoms with E-state index in [1.165, 1.54) is 37.2 Å². The van der Waals surface area contributed by atoms with E-state index in [2.05, 4.69) is 38.0 Å². The molecule has 2 atom stereocenters. The molecule has 5 nitrogen and oxygen atoms in total. The lowest BCUT2D eigenvalue weighted by atomic mass is 9.98. The Labute approximate surface area is 149 Å². The maximum atomic E-state index is 5.66. The van der Waals surface area contributed by atoms with Crippen LogP contribution in [0, 0.1) is 5.92 Å². The monoisotopic (exact) mass is 350 g/mol. The zero-order valence-corrected chi connectivity index (χ0v) is 15.5. The number of piperidine rings is 1. The molecule has 2 fully saturated rings. The van der Waals surface area contributed by atoms with Gasteiger partial charge in [-0.2, -0.15) is 0 Å². The number of thiophene rings is 1. The van der Waals surface area contributed by atoms with Crippen molar-refractivity contribution in [2.24, 2.45) is 10.9 Å². The molecule has 0 amide bonds. The van der Waals surface area contributed by atoms with Crippen LogP contribution in [0.2, 0.25) is 0 Å². The van der Waals surface area contributed by atoms with Gasteiger partial charge in [0.15, 0.2) is 5.96 Å². The minimum absolute atomic E-state index is 0.347. The number of guanidine groups is 1. The SMILES string of the molecule is CN=C(NCC1CCCN(Cc2cccs2)C1)NCC1CCCO1. The van der Waals surface area contributed by atoms with Gasteiger partial charge < -0.3 is 15.4 Å². The fourth-order valence-electron chi connectivity index (χ4n) is 3.56. The summed E-state index contributed by atoms with van der Waals surface area (Å²) >= 11 is 1.86. The molecular weight excluding hydrogens is 320 g/mol. The van der Waals surface area contributed by atoms with Gasteiger partial charge in [-0.1, -0.05) is 6.07 Å². The lowest BCUT2D eigenvalue weighted by Crippen LogP contribution is -2.45. The molecule has 2 saturated heterocycles. The standard InChI is InChI=1S/C18H30N4OS/c1-19-18(21-12-16-6-3-9-23-16)20-11-15-5-2-8-22(13-15)14-17-7-4-10-24-17/h4,7,10,15-16H,2-3,5-6,8-9,11-14H2,1H3,(H2,19,20,21). The number of ether oxygens (including phenoxy) is 1. The van der Waals surface area contributed by atoms with Gasteiger partial charge in [0.2, 0.25) is 0 Å². The van der Waals surface area contributed by atoms with Crippen molar-refractivity contribution in [2.75, 3.05) is 39.8 Å². The van der Waals surface area contributed by atoms with Crippen molar-refractivity contribution in [2.45, 2.75) is 38.3 Å². The van der Waals surface area contributed by atoms with Gasteiger partial charge in [0.05, 0.1) is 6.10 Å². The molecule has 24 heavy (non-hydrogen) atoms. The smallest absolute Gasteiger partial charge is 0.191 e. The van der Waals surface area contributed by atoms with E-state index in [0.717, 1.165) is 38.6 Å². The van der Waals surface area contributed by atoms with Crippen molar-refractivity contribution in [3.63, 3.8) is 0 Å². The van der Waals surface area contributed by atoms with E-state index in [4.69, 9.17) is 4.74 Å². The van der Waals surface area contributed by atoms with E-state index in [0.29, 0.717) is 12.0 Å². The quantitative estimate of drug-likeness (QED) is 0.611. The van der Waals surface area contributed by atoms with Gasteiger partial charge in [-0.05, 0) is 49.6 Å². The molecule has 1 aromatic rings. The van der Waals surface area contributed by atoms with E-state index in [9.17, 15) is 0 Å². The third-order valence-electron chi connectivity index (χ3n) is 4.87. The fraction of sp³-hybridized carbons (Fsp3) is 0.722. The topological polar surface area (TPSA) is 48.9 Å². The highest BCUT2D eigenvalue weighted by molar-refractivity contribution is 7.09. The summed E-state index contributed by atoms with van der Waals surface area (Å²) in [5.74, 6) is 1.60. The van der Waals surface area contributed by atoms with Crippen LogP contribution in [0.5, 0.6) is 0 Å². The van der Waals surface area contributed by atoms with Crippen molar-refractivity contribution in [1.29, 1.82) is 0 Å². The van der Waals surface area contributed by atoms with Gasteiger partial charge in [-0.25, -0.2) is 0 Å². The molecule has 6 heteroatoms. The summed E-state index contributed by atoms with van der Waals surface area (Å²) in [6, 6.07) is 4.39. The number of nitrogens with zero attached hydrogens (tertiary/aromatic N) is 2. The van der Waals surface area contributed by atoms with Crippen LogP contribution in [-0.4, -0.2) is 56.8 Å². The average molecular weight is 351 g/mol. The third-order valence-corrected chi connectivity index (χ3v) is 5.73. The number of hydrogen-bond acceptors (Lipinski definition) is 4. The molecule has 0 radical (unpaired) electrons. The molecule has 2 aliphatic rings. The van der Waals surface area contributed by atoms with Crippen LogP contribution in [0.4, 0.5) is 0 Å². The molecule has 1 aromatic heterocycles. The van der Waals surface area contributed by atoms with Crippen molar-refractivity contribution >= 4 is 17.3 Å². The van der Waals surface area contributed by atoms with Crippen molar-refractivity contribution < 1.29 is 4.74 Å². The second kappa shape index (κ2) is 9.39. The first-order valence-corrected chi connectivity index (χ1v) is 10.0. The number of rotatable bonds is 6. The normalized spacial score (nSPS) is 25.8. The van der Waals surface area contributed by atoms with E-state index in [1.54, 1.807) is 0 Å². The molecule has 3 heterocycles. The molecule has 0 aliphatic carbocycles. The molecule has 0 bridgehead atoms. The Morgan fingerprint density at radius 1 is 1.33 bits per heavy atom. The molecule has 3 rings (SSSR count). The molecular formula is C18H30N4OS. The summed E-state index contributed by atoms with van der Waals surface area (Å²) in [6.45, 7) is 6.25. The fourth-order valence-corrected chi connectivity index (χ4v) is 4.31. The van der Waals surface area contributed by atoms with E-state index < -0.39 is 0 Å². The summed E-state index contributed by atoms with van der Waals surface area (Å²) in [7, 11) is 1.84. The van der Waals surface area contributed by atoms with E-state index >= 15 is 0 Å². The number of nitrogens with one attached hydrogen (secondary N) is 2. The second-order valence-corrected chi connectivity index (χ2v) is 7.82. The average Bonchev–Trinajstić information content (AvgIpc) is 3.29. The second-order valence-electron chi connectivity index (χ2n) is 6.79. The summed E-state index contributed by atoms with van der Waals surface area (Å²) in [6.07, 6.45) is 5.28. The van der Waals surface area contributed by atoms with Crippen LogP contribution in [0.25, 0.3) is 0 Å². The molecule has 2 unspecified atom stereocenters. The Balaban J connectivity index is 1.38. The first kappa shape index (κ1) is 17.7. The Morgan fingerprint density at radius 3 is 3.00 bits per heavy atom. The first-order valence-electron chi connectivity index (χ1n) is 9.14. The number of hydrogen-bond donors (Lipinski definition) is 2. The van der Waals surface area contributed by atoms with Gasteiger partial charge in [-0.3, -0.25) is 9.89 Å². The summed E-state index contributed by atoms with van der Waals surface area (Å²) in [5, 5.41) is 9.07. The Kier molecular flexibility index (Phi) is 6.93. The van der Waals surface area contributed by atoms with Gasteiger partial charge in [0.1, 0.15) is 0 Å². The lowest BCUT2D eigenvalue weighted by molar-refractivity contribution is 0.113. The zero-order chi connectivity index (χ0) is 16.6. The van der Waals surface area contributed by atoms with Crippen LogP contribution >= 0.6 is 11.3 Å². The van der Waals surface area contributed by atoms with Crippen LogP contribution in [0.1, 0.15) is 30.6 Å². The maximum Gasteiger partial charge on any atom is 0.191 e.